The van der Waals surface area contributed by atoms with Crippen molar-refractivity contribution in [3.63, 3.8) is 0 Å². The molecule has 0 fully saturated rings. The lowest BCUT2D eigenvalue weighted by molar-refractivity contribution is 0.281. The molecular weight excluding hydrogens is 220 g/mol. The maximum atomic E-state index is 9.05. The summed E-state index contributed by atoms with van der Waals surface area (Å²) in [4.78, 5) is 0. The highest BCUT2D eigenvalue weighted by atomic mass is 16.3. The molecule has 0 atom stereocenters. The van der Waals surface area contributed by atoms with Gasteiger partial charge in [0.05, 0.1) is 6.61 Å². The van der Waals surface area contributed by atoms with Gasteiger partial charge in [-0.1, -0.05) is 68.4 Å². The van der Waals surface area contributed by atoms with Crippen molar-refractivity contribution in [3.8, 4) is 0 Å². The van der Waals surface area contributed by atoms with Crippen LogP contribution in [0.25, 0.3) is 0 Å². The van der Waals surface area contributed by atoms with E-state index in [1.807, 2.05) is 32.0 Å². The Kier molecular flexibility index (Phi) is 6.82. The topological polar surface area (TPSA) is 20.2 Å². The van der Waals surface area contributed by atoms with Crippen molar-refractivity contribution >= 4 is 0 Å². The van der Waals surface area contributed by atoms with E-state index < -0.39 is 0 Å². The molecule has 0 aromatic heterocycles. The molecule has 18 heavy (non-hydrogen) atoms. The van der Waals surface area contributed by atoms with Gasteiger partial charge in [0.1, 0.15) is 0 Å². The Morgan fingerprint density at radius 3 is 1.94 bits per heavy atom. The van der Waals surface area contributed by atoms with Crippen LogP contribution in [0.1, 0.15) is 30.5 Å². The summed E-state index contributed by atoms with van der Waals surface area (Å²) in [7, 11) is 0. The predicted molar refractivity (Wildman–Crippen MR) is 77.6 cm³/mol. The van der Waals surface area contributed by atoms with E-state index in [4.69, 9.17) is 5.11 Å². The lowest BCUT2D eigenvalue weighted by Crippen LogP contribution is -1.92. The van der Waals surface area contributed by atoms with Gasteiger partial charge in [0.2, 0.25) is 0 Å². The highest BCUT2D eigenvalue weighted by Gasteiger charge is 1.96. The fraction of sp³-hybridized carbons (Fsp3) is 0.294. The van der Waals surface area contributed by atoms with Crippen LogP contribution >= 0.6 is 0 Å². The van der Waals surface area contributed by atoms with Crippen LogP contribution in [0.2, 0.25) is 0 Å². The van der Waals surface area contributed by atoms with Gasteiger partial charge in [-0.3, -0.25) is 0 Å². The molecule has 1 nitrogen and oxygen atoms in total. The first-order valence-electron chi connectivity index (χ1n) is 6.61. The second-order valence-electron chi connectivity index (χ2n) is 3.96. The number of benzene rings is 2. The highest BCUT2D eigenvalue weighted by Crippen LogP contribution is 2.09. The maximum Gasteiger partial charge on any atom is 0.0681 e. The van der Waals surface area contributed by atoms with Gasteiger partial charge < -0.3 is 5.11 Å². The van der Waals surface area contributed by atoms with E-state index in [1.165, 1.54) is 11.1 Å². The molecule has 2 rings (SSSR count). The van der Waals surface area contributed by atoms with Crippen molar-refractivity contribution in [1.82, 2.24) is 0 Å². The number of hydrogen-bond acceptors (Lipinski definition) is 1. The fourth-order valence-electron chi connectivity index (χ4n) is 1.82. The molecule has 0 spiro atoms. The van der Waals surface area contributed by atoms with Crippen LogP contribution in [0.15, 0.2) is 54.6 Å². The van der Waals surface area contributed by atoms with Crippen molar-refractivity contribution in [2.45, 2.75) is 33.3 Å². The van der Waals surface area contributed by atoms with Crippen molar-refractivity contribution in [2.75, 3.05) is 0 Å². The normalized spacial score (nSPS) is 9.50. The Balaban J connectivity index is 0.000000771. The zero-order valence-corrected chi connectivity index (χ0v) is 11.3. The number of aliphatic hydroxyl groups is 1. The molecule has 1 N–H and O–H groups in total. The summed E-state index contributed by atoms with van der Waals surface area (Å²) < 4.78 is 0. The van der Waals surface area contributed by atoms with E-state index in [1.54, 1.807) is 0 Å². The van der Waals surface area contributed by atoms with Crippen LogP contribution in [0, 0.1) is 0 Å². The molecule has 2 aromatic carbocycles. The van der Waals surface area contributed by atoms with E-state index in [2.05, 4.69) is 36.4 Å². The van der Waals surface area contributed by atoms with E-state index in [-0.39, 0.29) is 6.61 Å². The van der Waals surface area contributed by atoms with Crippen LogP contribution in [0.3, 0.4) is 0 Å². The zero-order chi connectivity index (χ0) is 13.2. The maximum absolute atomic E-state index is 9.05. The van der Waals surface area contributed by atoms with Gasteiger partial charge >= 0.3 is 0 Å². The first-order valence-corrected chi connectivity index (χ1v) is 6.61. The third kappa shape index (κ3) is 4.72. The minimum atomic E-state index is 0.124. The van der Waals surface area contributed by atoms with Crippen molar-refractivity contribution in [3.05, 3.63) is 71.3 Å². The molecule has 0 bridgehead atoms. The first kappa shape index (κ1) is 14.5. The van der Waals surface area contributed by atoms with E-state index in [9.17, 15) is 0 Å². The smallest absolute Gasteiger partial charge is 0.0681 e. The van der Waals surface area contributed by atoms with Gasteiger partial charge in [0, 0.05) is 0 Å². The van der Waals surface area contributed by atoms with Crippen molar-refractivity contribution in [1.29, 1.82) is 0 Å². The molecule has 0 aliphatic rings. The summed E-state index contributed by atoms with van der Waals surface area (Å²) >= 11 is 0. The van der Waals surface area contributed by atoms with Crippen LogP contribution in [-0.4, -0.2) is 5.11 Å². The molecule has 0 aliphatic heterocycles. The van der Waals surface area contributed by atoms with Crippen LogP contribution in [0.5, 0.6) is 0 Å². The van der Waals surface area contributed by atoms with Gasteiger partial charge in [-0.2, -0.15) is 0 Å². The van der Waals surface area contributed by atoms with Gasteiger partial charge in [-0.05, 0) is 29.5 Å². The quantitative estimate of drug-likeness (QED) is 0.859. The molecule has 0 radical (unpaired) electrons. The lowest BCUT2D eigenvalue weighted by atomic mass is 10.0. The number of hydrogen-bond donors (Lipinski definition) is 1. The second kappa shape index (κ2) is 8.48. The predicted octanol–water partition coefficient (Wildman–Crippen LogP) is 3.99. The molecule has 0 saturated carbocycles. The van der Waals surface area contributed by atoms with Crippen molar-refractivity contribution < 1.29 is 5.11 Å². The Labute approximate surface area is 110 Å². The lowest BCUT2D eigenvalue weighted by Gasteiger charge is -2.03. The first-order chi connectivity index (χ1) is 8.88. The van der Waals surface area contributed by atoms with E-state index in [0.29, 0.717) is 0 Å². The molecule has 0 aliphatic carbocycles. The van der Waals surface area contributed by atoms with Gasteiger partial charge in [0.15, 0.2) is 0 Å². The minimum absolute atomic E-state index is 0.124. The highest BCUT2D eigenvalue weighted by molar-refractivity contribution is 5.24. The molecular formula is C17H22O. The number of rotatable bonds is 4. The summed E-state index contributed by atoms with van der Waals surface area (Å²) in [5.74, 6) is 0. The summed E-state index contributed by atoms with van der Waals surface area (Å²) in [6.07, 6.45) is 2.08. The monoisotopic (exact) mass is 242 g/mol. The SMILES string of the molecule is CC.OCc1cccc(CCc2ccccc2)c1. The van der Waals surface area contributed by atoms with Gasteiger partial charge in [-0.15, -0.1) is 0 Å². The Morgan fingerprint density at radius 2 is 1.28 bits per heavy atom. The molecule has 0 amide bonds. The van der Waals surface area contributed by atoms with Gasteiger partial charge in [0.25, 0.3) is 0 Å². The Hall–Kier alpha value is -1.60. The summed E-state index contributed by atoms with van der Waals surface area (Å²) in [5.41, 5.74) is 3.64. The fourth-order valence-corrected chi connectivity index (χ4v) is 1.82. The zero-order valence-electron chi connectivity index (χ0n) is 11.3. The molecule has 0 saturated heterocycles. The summed E-state index contributed by atoms with van der Waals surface area (Å²) in [6.45, 7) is 4.12. The molecule has 96 valence electrons. The molecule has 2 aromatic rings. The average molecular weight is 242 g/mol. The van der Waals surface area contributed by atoms with Crippen LogP contribution in [0.4, 0.5) is 0 Å². The second-order valence-corrected chi connectivity index (χ2v) is 3.96. The third-order valence-electron chi connectivity index (χ3n) is 2.72. The molecule has 0 heterocycles. The number of aryl methyl sites for hydroxylation is 2. The Morgan fingerprint density at radius 1 is 0.722 bits per heavy atom. The van der Waals surface area contributed by atoms with E-state index >= 15 is 0 Å². The average Bonchev–Trinajstić information content (AvgIpc) is 2.48. The Bertz CT molecular complexity index is 434. The van der Waals surface area contributed by atoms with Crippen molar-refractivity contribution in [2.24, 2.45) is 0 Å². The standard InChI is InChI=1S/C15H16O.C2H6/c16-12-15-8-4-7-14(11-15)10-9-13-5-2-1-3-6-13;1-2/h1-8,11,16H,9-10,12H2;1-2H3. The van der Waals surface area contributed by atoms with Crippen LogP contribution < -0.4 is 0 Å². The van der Waals surface area contributed by atoms with Gasteiger partial charge in [-0.25, -0.2) is 0 Å². The number of aliphatic hydroxyl groups excluding tert-OH is 1. The largest absolute Gasteiger partial charge is 0.392 e. The molecule has 1 heteroatoms. The summed E-state index contributed by atoms with van der Waals surface area (Å²) in [6, 6.07) is 18.6. The summed E-state index contributed by atoms with van der Waals surface area (Å²) in [5, 5.41) is 9.05. The van der Waals surface area contributed by atoms with E-state index in [0.717, 1.165) is 18.4 Å². The minimum Gasteiger partial charge on any atom is -0.392 e. The third-order valence-corrected chi connectivity index (χ3v) is 2.72. The van der Waals surface area contributed by atoms with Crippen LogP contribution in [-0.2, 0) is 19.4 Å². The molecule has 0 unspecified atom stereocenters.